The molecule has 118 valence electrons. The largest absolute Gasteiger partial charge is 0.344 e. The Morgan fingerprint density at radius 3 is 2.38 bits per heavy atom. The molecule has 0 aliphatic carbocycles. The third-order valence-corrected chi connectivity index (χ3v) is 4.30. The van der Waals surface area contributed by atoms with Gasteiger partial charge in [-0.15, -0.1) is 24.0 Å². The normalized spacial score (nSPS) is 22.3. The second kappa shape index (κ2) is 5.98. The van der Waals surface area contributed by atoms with Gasteiger partial charge < -0.3 is 9.80 Å². The molecule has 2 aliphatic heterocycles. The number of rotatable bonds is 2. The number of aromatic amines is 1. The molecule has 21 heavy (non-hydrogen) atoms. The van der Waals surface area contributed by atoms with Gasteiger partial charge in [-0.2, -0.15) is 5.10 Å². The maximum Gasteiger partial charge on any atom is 0.343 e. The van der Waals surface area contributed by atoms with Crippen molar-refractivity contribution < 1.29 is 0 Å². The van der Waals surface area contributed by atoms with Gasteiger partial charge in [0.1, 0.15) is 5.82 Å². The molecular weight excluding hydrogens is 383 g/mol. The van der Waals surface area contributed by atoms with Crippen LogP contribution in [0.3, 0.4) is 0 Å². The average Bonchev–Trinajstić information content (AvgIpc) is 2.86. The quantitative estimate of drug-likeness (QED) is 0.725. The van der Waals surface area contributed by atoms with Gasteiger partial charge in [-0.25, -0.2) is 14.9 Å². The predicted octanol–water partition coefficient (Wildman–Crippen LogP) is 0.452. The number of aromatic nitrogens is 3. The molecule has 0 aromatic carbocycles. The number of guanidine groups is 1. The molecule has 3 heterocycles. The second-order valence-corrected chi connectivity index (χ2v) is 6.17. The van der Waals surface area contributed by atoms with E-state index in [2.05, 4.69) is 40.9 Å². The molecule has 1 fully saturated rings. The molecule has 0 bridgehead atoms. The molecule has 2 aliphatic rings. The summed E-state index contributed by atoms with van der Waals surface area (Å²) in [5.41, 5.74) is -0.145. The van der Waals surface area contributed by atoms with Gasteiger partial charge in [-0.3, -0.25) is 4.57 Å². The smallest absolute Gasteiger partial charge is 0.343 e. The first kappa shape index (κ1) is 16.3. The number of aliphatic imine (C=N–C) groups is 1. The zero-order chi connectivity index (χ0) is 14.4. The van der Waals surface area contributed by atoms with Crippen LogP contribution in [0.2, 0.25) is 0 Å². The van der Waals surface area contributed by atoms with E-state index in [9.17, 15) is 4.79 Å². The fourth-order valence-corrected chi connectivity index (χ4v) is 2.86. The Labute approximate surface area is 141 Å². The van der Waals surface area contributed by atoms with Crippen LogP contribution in [0, 0.1) is 5.92 Å². The van der Waals surface area contributed by atoms with E-state index in [1.807, 2.05) is 0 Å². The van der Waals surface area contributed by atoms with Gasteiger partial charge >= 0.3 is 5.69 Å². The van der Waals surface area contributed by atoms with Crippen molar-refractivity contribution in [2.75, 3.05) is 26.7 Å². The summed E-state index contributed by atoms with van der Waals surface area (Å²) < 4.78 is 1.60. The van der Waals surface area contributed by atoms with Crippen molar-refractivity contribution in [2.24, 2.45) is 18.0 Å². The van der Waals surface area contributed by atoms with Crippen LogP contribution in [-0.4, -0.2) is 63.2 Å². The predicted molar refractivity (Wildman–Crippen MR) is 92.2 cm³/mol. The van der Waals surface area contributed by atoms with E-state index in [0.29, 0.717) is 17.9 Å². The maximum absolute atomic E-state index is 11.4. The molecule has 1 N–H and O–H groups in total. The second-order valence-electron chi connectivity index (χ2n) is 6.17. The Kier molecular flexibility index (Phi) is 4.64. The van der Waals surface area contributed by atoms with Gasteiger partial charge in [0.25, 0.3) is 0 Å². The number of hydrogen-bond donors (Lipinski definition) is 1. The van der Waals surface area contributed by atoms with Gasteiger partial charge in [0.05, 0.1) is 12.0 Å². The van der Waals surface area contributed by atoms with E-state index >= 15 is 0 Å². The van der Waals surface area contributed by atoms with E-state index < -0.39 is 0 Å². The van der Waals surface area contributed by atoms with Crippen LogP contribution in [0.4, 0.5) is 0 Å². The maximum atomic E-state index is 11.4. The minimum atomic E-state index is -0.145. The van der Waals surface area contributed by atoms with Crippen molar-refractivity contribution in [3.8, 4) is 0 Å². The fourth-order valence-electron chi connectivity index (χ4n) is 2.86. The molecule has 0 amide bonds. The third kappa shape index (κ3) is 2.82. The van der Waals surface area contributed by atoms with E-state index in [4.69, 9.17) is 4.99 Å². The lowest BCUT2D eigenvalue weighted by atomic mass is 10.00. The van der Waals surface area contributed by atoms with Crippen molar-refractivity contribution in [3.63, 3.8) is 0 Å². The minimum absolute atomic E-state index is 0. The van der Waals surface area contributed by atoms with Crippen LogP contribution in [-0.2, 0) is 7.05 Å². The number of hydrogen-bond acceptors (Lipinski definition) is 5. The zero-order valence-electron chi connectivity index (χ0n) is 12.9. The summed E-state index contributed by atoms with van der Waals surface area (Å²) in [6.07, 6.45) is 0. The molecule has 1 saturated heterocycles. The summed E-state index contributed by atoms with van der Waals surface area (Å²) in [7, 11) is 3.86. The molecule has 1 unspecified atom stereocenters. The number of halogens is 1. The van der Waals surface area contributed by atoms with E-state index in [-0.39, 0.29) is 29.7 Å². The van der Waals surface area contributed by atoms with Crippen LogP contribution in [0.1, 0.15) is 25.6 Å². The minimum Gasteiger partial charge on any atom is -0.344 e. The molecule has 1 aromatic heterocycles. The summed E-state index contributed by atoms with van der Waals surface area (Å²) in [4.78, 5) is 20.7. The highest BCUT2D eigenvalue weighted by molar-refractivity contribution is 14.0. The van der Waals surface area contributed by atoms with Crippen molar-refractivity contribution in [1.82, 2.24) is 24.6 Å². The van der Waals surface area contributed by atoms with Crippen LogP contribution >= 0.6 is 24.0 Å². The van der Waals surface area contributed by atoms with Gasteiger partial charge in [0.15, 0.2) is 5.96 Å². The average molecular weight is 406 g/mol. The Hall–Kier alpha value is -1.06. The van der Waals surface area contributed by atoms with Crippen molar-refractivity contribution in [3.05, 3.63) is 16.3 Å². The monoisotopic (exact) mass is 406 g/mol. The molecular formula is C13H23IN6O. The SMILES string of the molecule is CC(C)C1CN(C)C(N2CC(c3n[nH]c(=O)n3C)C2)=N1.I. The van der Waals surface area contributed by atoms with Crippen LogP contribution in [0.25, 0.3) is 0 Å². The number of nitrogens with zero attached hydrogens (tertiary/aromatic N) is 5. The highest BCUT2D eigenvalue weighted by Gasteiger charge is 2.38. The Morgan fingerprint density at radius 2 is 1.90 bits per heavy atom. The first-order valence-corrected chi connectivity index (χ1v) is 7.12. The number of likely N-dealkylation sites (tertiary alicyclic amines) is 1. The molecule has 8 heteroatoms. The van der Waals surface area contributed by atoms with Gasteiger partial charge in [0, 0.05) is 33.7 Å². The number of likely N-dealkylation sites (N-methyl/N-ethyl adjacent to an activating group) is 1. The van der Waals surface area contributed by atoms with Crippen LogP contribution in [0.5, 0.6) is 0 Å². The summed E-state index contributed by atoms with van der Waals surface area (Å²) >= 11 is 0. The zero-order valence-corrected chi connectivity index (χ0v) is 15.2. The molecule has 0 radical (unpaired) electrons. The van der Waals surface area contributed by atoms with Crippen LogP contribution in [0.15, 0.2) is 9.79 Å². The van der Waals surface area contributed by atoms with E-state index in [1.165, 1.54) is 0 Å². The first-order valence-electron chi connectivity index (χ1n) is 7.12. The third-order valence-electron chi connectivity index (χ3n) is 4.30. The Balaban J connectivity index is 0.00000161. The lowest BCUT2D eigenvalue weighted by Gasteiger charge is -2.41. The fraction of sp³-hybridized carbons (Fsp3) is 0.769. The standard InChI is InChI=1S/C13H22N6O.HI/c1-8(2)10-7-17(3)12(14-10)19-5-9(6-19)11-15-16-13(20)18(11)4;/h8-10H,5-7H2,1-4H3,(H,16,20);1H. The topological polar surface area (TPSA) is 69.5 Å². The molecule has 7 nitrogen and oxygen atoms in total. The summed E-state index contributed by atoms with van der Waals surface area (Å²) in [6.45, 7) is 7.18. The summed E-state index contributed by atoms with van der Waals surface area (Å²) in [5, 5.41) is 6.61. The van der Waals surface area contributed by atoms with Crippen LogP contribution < -0.4 is 5.69 Å². The van der Waals surface area contributed by atoms with Gasteiger partial charge in [0.2, 0.25) is 0 Å². The Bertz CT molecular complexity index is 586. The summed E-state index contributed by atoms with van der Waals surface area (Å²) in [6, 6.07) is 0.392. The molecule has 0 saturated carbocycles. The lowest BCUT2D eigenvalue weighted by molar-refractivity contribution is 0.218. The molecule has 1 atom stereocenters. The van der Waals surface area contributed by atoms with E-state index in [0.717, 1.165) is 31.4 Å². The molecule has 3 rings (SSSR count). The molecule has 1 aromatic rings. The van der Waals surface area contributed by atoms with Crippen molar-refractivity contribution >= 4 is 29.9 Å². The lowest BCUT2D eigenvalue weighted by Crippen LogP contribution is -2.53. The number of H-pyrrole nitrogens is 1. The van der Waals surface area contributed by atoms with Gasteiger partial charge in [-0.1, -0.05) is 13.8 Å². The Morgan fingerprint density at radius 1 is 1.24 bits per heavy atom. The molecule has 0 spiro atoms. The number of nitrogens with one attached hydrogen (secondary N) is 1. The van der Waals surface area contributed by atoms with Crippen molar-refractivity contribution in [2.45, 2.75) is 25.8 Å². The highest BCUT2D eigenvalue weighted by atomic mass is 127. The highest BCUT2D eigenvalue weighted by Crippen LogP contribution is 2.28. The van der Waals surface area contributed by atoms with E-state index in [1.54, 1.807) is 11.6 Å². The van der Waals surface area contributed by atoms with Crippen molar-refractivity contribution in [1.29, 1.82) is 0 Å². The summed E-state index contributed by atoms with van der Waals surface area (Å²) in [5.74, 6) is 2.81. The first-order chi connectivity index (χ1) is 9.47. The van der Waals surface area contributed by atoms with Gasteiger partial charge in [-0.05, 0) is 5.92 Å².